The average molecular weight is 553 g/mol. The van der Waals surface area contributed by atoms with Gasteiger partial charge in [-0.3, -0.25) is 4.57 Å². The molecule has 0 bridgehead atoms. The standard InChI is InChI=1S/C39H24N2S/c1-2-11-25(12-3-1)26-13-10-14-27(23-26)32-24-37(40-33-18-7-4-15-28(32)33)41-34-19-8-5-17-31(34)38-35(41)22-21-30-29-16-6-9-20-36(29)42-39(30)38/h1-24H. The molecule has 6 aromatic carbocycles. The van der Waals surface area contributed by atoms with Crippen molar-refractivity contribution in [1.82, 2.24) is 9.55 Å². The van der Waals surface area contributed by atoms with Gasteiger partial charge in [0.15, 0.2) is 0 Å². The number of nitrogens with zero attached hydrogens (tertiary/aromatic N) is 2. The number of para-hydroxylation sites is 2. The van der Waals surface area contributed by atoms with E-state index < -0.39 is 0 Å². The molecule has 0 aliphatic heterocycles. The lowest BCUT2D eigenvalue weighted by Crippen LogP contribution is -1.99. The van der Waals surface area contributed by atoms with Crippen LogP contribution in [0.2, 0.25) is 0 Å². The van der Waals surface area contributed by atoms with Crippen molar-refractivity contribution in [2.75, 3.05) is 0 Å². The fourth-order valence-electron chi connectivity index (χ4n) is 6.49. The average Bonchev–Trinajstić information content (AvgIpc) is 3.60. The van der Waals surface area contributed by atoms with Crippen molar-refractivity contribution in [3.8, 4) is 28.1 Å². The van der Waals surface area contributed by atoms with E-state index in [4.69, 9.17) is 4.98 Å². The normalized spacial score (nSPS) is 11.8. The lowest BCUT2D eigenvalue weighted by molar-refractivity contribution is 1.10. The number of thiophene rings is 1. The minimum atomic E-state index is 0.931. The zero-order valence-corrected chi connectivity index (χ0v) is 23.5. The number of rotatable bonds is 3. The lowest BCUT2D eigenvalue weighted by Gasteiger charge is -2.14. The number of hydrogen-bond donors (Lipinski definition) is 0. The van der Waals surface area contributed by atoms with Crippen LogP contribution in [0.1, 0.15) is 0 Å². The Bertz CT molecular complexity index is 2470. The van der Waals surface area contributed by atoms with Gasteiger partial charge in [-0.05, 0) is 58.7 Å². The molecule has 2 nitrogen and oxygen atoms in total. The highest BCUT2D eigenvalue weighted by Gasteiger charge is 2.19. The van der Waals surface area contributed by atoms with Gasteiger partial charge >= 0.3 is 0 Å². The molecule has 0 aliphatic rings. The van der Waals surface area contributed by atoms with Crippen LogP contribution >= 0.6 is 11.3 Å². The van der Waals surface area contributed by atoms with Gasteiger partial charge in [-0.15, -0.1) is 11.3 Å². The Kier molecular flexibility index (Phi) is 5.10. The van der Waals surface area contributed by atoms with E-state index in [0.717, 1.165) is 16.7 Å². The van der Waals surface area contributed by atoms with E-state index in [1.165, 1.54) is 64.2 Å². The van der Waals surface area contributed by atoms with Crippen LogP contribution in [0.3, 0.4) is 0 Å². The fraction of sp³-hybridized carbons (Fsp3) is 0. The van der Waals surface area contributed by atoms with Gasteiger partial charge in [0, 0.05) is 36.3 Å². The molecule has 42 heavy (non-hydrogen) atoms. The van der Waals surface area contributed by atoms with Crippen molar-refractivity contribution in [2.24, 2.45) is 0 Å². The summed E-state index contributed by atoms with van der Waals surface area (Å²) in [5.41, 5.74) is 8.13. The Labute approximate surface area is 246 Å². The first kappa shape index (κ1) is 23.5. The van der Waals surface area contributed by atoms with Crippen LogP contribution in [0, 0.1) is 0 Å². The van der Waals surface area contributed by atoms with Crippen LogP contribution in [0.4, 0.5) is 0 Å². The summed E-state index contributed by atoms with van der Waals surface area (Å²) in [5.74, 6) is 0.931. The molecule has 196 valence electrons. The van der Waals surface area contributed by atoms with E-state index in [9.17, 15) is 0 Å². The molecule has 0 N–H and O–H groups in total. The van der Waals surface area contributed by atoms with Crippen molar-refractivity contribution in [2.45, 2.75) is 0 Å². The largest absolute Gasteiger partial charge is 0.294 e. The highest BCUT2D eigenvalue weighted by molar-refractivity contribution is 7.26. The molecule has 0 radical (unpaired) electrons. The van der Waals surface area contributed by atoms with Crippen molar-refractivity contribution in [1.29, 1.82) is 0 Å². The van der Waals surface area contributed by atoms with E-state index in [1.54, 1.807) is 0 Å². The summed E-state index contributed by atoms with van der Waals surface area (Å²) in [4.78, 5) is 5.27. The summed E-state index contributed by atoms with van der Waals surface area (Å²) in [7, 11) is 0. The first-order chi connectivity index (χ1) is 20.8. The zero-order valence-electron chi connectivity index (χ0n) is 22.7. The fourth-order valence-corrected chi connectivity index (χ4v) is 7.75. The molecular formula is C39H24N2S. The van der Waals surface area contributed by atoms with Gasteiger partial charge in [-0.2, -0.15) is 0 Å². The molecule has 3 aromatic heterocycles. The second-order valence-electron chi connectivity index (χ2n) is 10.8. The molecule has 0 spiro atoms. The number of aromatic nitrogens is 2. The molecule has 0 atom stereocenters. The minimum absolute atomic E-state index is 0.931. The molecule has 9 rings (SSSR count). The third-order valence-electron chi connectivity index (χ3n) is 8.39. The number of pyridine rings is 1. The van der Waals surface area contributed by atoms with E-state index >= 15 is 0 Å². The van der Waals surface area contributed by atoms with E-state index in [1.807, 2.05) is 11.3 Å². The van der Waals surface area contributed by atoms with Crippen molar-refractivity contribution in [3.05, 3.63) is 146 Å². The maximum atomic E-state index is 5.27. The molecule has 9 aromatic rings. The smallest absolute Gasteiger partial charge is 0.138 e. The third-order valence-corrected chi connectivity index (χ3v) is 9.60. The Morgan fingerprint density at radius 1 is 0.476 bits per heavy atom. The quantitative estimate of drug-likeness (QED) is 0.213. The van der Waals surface area contributed by atoms with Crippen LogP contribution in [-0.2, 0) is 0 Å². The summed E-state index contributed by atoms with van der Waals surface area (Å²) in [6.45, 7) is 0. The Hall–Kier alpha value is -5.25. The number of hydrogen-bond acceptors (Lipinski definition) is 2. The van der Waals surface area contributed by atoms with Crippen LogP contribution in [0.15, 0.2) is 146 Å². The summed E-state index contributed by atoms with van der Waals surface area (Å²) < 4.78 is 5.01. The van der Waals surface area contributed by atoms with Gasteiger partial charge in [0.2, 0.25) is 0 Å². The van der Waals surface area contributed by atoms with E-state index in [-0.39, 0.29) is 0 Å². The maximum Gasteiger partial charge on any atom is 0.138 e. The second-order valence-corrected chi connectivity index (χ2v) is 11.8. The molecule has 0 saturated heterocycles. The molecule has 0 fully saturated rings. The van der Waals surface area contributed by atoms with Crippen LogP contribution in [-0.4, -0.2) is 9.55 Å². The highest BCUT2D eigenvalue weighted by atomic mass is 32.1. The molecule has 0 amide bonds. The molecular weight excluding hydrogens is 529 g/mol. The zero-order chi connectivity index (χ0) is 27.6. The first-order valence-corrected chi connectivity index (χ1v) is 15.0. The Morgan fingerprint density at radius 2 is 1.19 bits per heavy atom. The predicted octanol–water partition coefficient (Wildman–Crippen LogP) is 11.0. The van der Waals surface area contributed by atoms with Crippen LogP contribution < -0.4 is 0 Å². The molecule has 0 unspecified atom stereocenters. The van der Waals surface area contributed by atoms with E-state index in [2.05, 4.69) is 150 Å². The second kappa shape index (κ2) is 9.13. The van der Waals surface area contributed by atoms with Crippen LogP contribution in [0.25, 0.3) is 81.0 Å². The lowest BCUT2D eigenvalue weighted by atomic mass is 9.97. The highest BCUT2D eigenvalue weighted by Crippen LogP contribution is 2.43. The molecule has 0 saturated carbocycles. The van der Waals surface area contributed by atoms with Gasteiger partial charge in [0.25, 0.3) is 0 Å². The third kappa shape index (κ3) is 3.47. The summed E-state index contributed by atoms with van der Waals surface area (Å²) in [6.07, 6.45) is 0. The Balaban J connectivity index is 1.35. The van der Waals surface area contributed by atoms with Crippen molar-refractivity contribution in [3.63, 3.8) is 0 Å². The van der Waals surface area contributed by atoms with Gasteiger partial charge < -0.3 is 0 Å². The SMILES string of the molecule is c1ccc(-c2cccc(-c3cc(-n4c5ccccc5c5c6sc7ccccc7c6ccc54)nc4ccccc34)c2)cc1. The number of benzene rings is 6. The van der Waals surface area contributed by atoms with Gasteiger partial charge in [0.05, 0.1) is 16.6 Å². The predicted molar refractivity (Wildman–Crippen MR) is 180 cm³/mol. The van der Waals surface area contributed by atoms with Gasteiger partial charge in [-0.1, -0.05) is 109 Å². The van der Waals surface area contributed by atoms with E-state index in [0.29, 0.717) is 0 Å². The summed E-state index contributed by atoms with van der Waals surface area (Å²) >= 11 is 1.88. The summed E-state index contributed by atoms with van der Waals surface area (Å²) in [6, 6.07) is 52.3. The van der Waals surface area contributed by atoms with Crippen molar-refractivity contribution < 1.29 is 0 Å². The maximum absolute atomic E-state index is 5.27. The topological polar surface area (TPSA) is 17.8 Å². The Morgan fingerprint density at radius 3 is 2.10 bits per heavy atom. The molecule has 3 heterocycles. The number of fused-ring (bicyclic) bond motifs is 8. The summed E-state index contributed by atoms with van der Waals surface area (Å²) in [5, 5.41) is 6.34. The van der Waals surface area contributed by atoms with Gasteiger partial charge in [-0.25, -0.2) is 4.98 Å². The van der Waals surface area contributed by atoms with Crippen LogP contribution in [0.5, 0.6) is 0 Å². The molecule has 3 heteroatoms. The molecule has 0 aliphatic carbocycles. The van der Waals surface area contributed by atoms with Crippen molar-refractivity contribution >= 4 is 64.2 Å². The minimum Gasteiger partial charge on any atom is -0.294 e. The first-order valence-electron chi connectivity index (χ1n) is 14.2. The monoisotopic (exact) mass is 552 g/mol. The van der Waals surface area contributed by atoms with Gasteiger partial charge in [0.1, 0.15) is 5.82 Å².